The molecule has 0 fully saturated rings. The average Bonchev–Trinajstić information content (AvgIpc) is 2.59. The molecule has 0 unspecified atom stereocenters. The van der Waals surface area contributed by atoms with Crippen molar-refractivity contribution in [3.05, 3.63) is 29.8 Å². The molecule has 5 nitrogen and oxygen atoms in total. The molecule has 0 aromatic heterocycles. The summed E-state index contributed by atoms with van der Waals surface area (Å²) in [6.07, 6.45) is 2.06. The number of carbonyl (C=O) groups is 2. The second kappa shape index (κ2) is 9.96. The molecule has 24 heavy (non-hydrogen) atoms. The third-order valence-corrected chi connectivity index (χ3v) is 4.14. The summed E-state index contributed by atoms with van der Waals surface area (Å²) >= 11 is 0. The molecular formula is C19H30N2O3. The van der Waals surface area contributed by atoms with Crippen LogP contribution in [0.4, 0.5) is 0 Å². The fraction of sp³-hybridized carbons (Fsp3) is 0.579. The van der Waals surface area contributed by atoms with E-state index in [1.54, 1.807) is 18.9 Å². The fourth-order valence-corrected chi connectivity index (χ4v) is 2.33. The van der Waals surface area contributed by atoms with E-state index in [1.165, 1.54) is 0 Å². The minimum atomic E-state index is -0.500. The SMILES string of the molecule is CCCC(=O)N(Cc1ccc(OC)cc1)[C@@H](C)C(=O)N[C@@H](C)CC. The van der Waals surface area contributed by atoms with Gasteiger partial charge in [-0.05, 0) is 44.4 Å². The third kappa shape index (κ3) is 5.87. The van der Waals surface area contributed by atoms with Gasteiger partial charge >= 0.3 is 0 Å². The lowest BCUT2D eigenvalue weighted by Crippen LogP contribution is -2.49. The van der Waals surface area contributed by atoms with Crippen molar-refractivity contribution in [1.82, 2.24) is 10.2 Å². The Morgan fingerprint density at radius 3 is 2.29 bits per heavy atom. The van der Waals surface area contributed by atoms with E-state index >= 15 is 0 Å². The first kappa shape index (κ1) is 20.0. The number of methoxy groups -OCH3 is 1. The maximum atomic E-state index is 12.5. The van der Waals surface area contributed by atoms with E-state index in [0.717, 1.165) is 24.2 Å². The van der Waals surface area contributed by atoms with E-state index in [0.29, 0.717) is 13.0 Å². The first-order valence-electron chi connectivity index (χ1n) is 8.65. The van der Waals surface area contributed by atoms with Crippen molar-refractivity contribution >= 4 is 11.8 Å². The van der Waals surface area contributed by atoms with Crippen LogP contribution >= 0.6 is 0 Å². The zero-order valence-electron chi connectivity index (χ0n) is 15.5. The third-order valence-electron chi connectivity index (χ3n) is 4.14. The van der Waals surface area contributed by atoms with Gasteiger partial charge in [-0.25, -0.2) is 0 Å². The Labute approximate surface area is 145 Å². The summed E-state index contributed by atoms with van der Waals surface area (Å²) < 4.78 is 5.16. The maximum absolute atomic E-state index is 12.5. The quantitative estimate of drug-likeness (QED) is 0.755. The Morgan fingerprint density at radius 1 is 1.17 bits per heavy atom. The number of hydrogen-bond donors (Lipinski definition) is 1. The monoisotopic (exact) mass is 334 g/mol. The highest BCUT2D eigenvalue weighted by Crippen LogP contribution is 2.16. The van der Waals surface area contributed by atoms with Crippen LogP contribution in [0.2, 0.25) is 0 Å². The van der Waals surface area contributed by atoms with E-state index in [-0.39, 0.29) is 17.9 Å². The highest BCUT2D eigenvalue weighted by molar-refractivity contribution is 5.87. The lowest BCUT2D eigenvalue weighted by molar-refractivity contribution is -0.140. The summed E-state index contributed by atoms with van der Waals surface area (Å²) in [5.41, 5.74) is 0.975. The van der Waals surface area contributed by atoms with E-state index < -0.39 is 6.04 Å². The second-order valence-corrected chi connectivity index (χ2v) is 6.11. The Morgan fingerprint density at radius 2 is 1.79 bits per heavy atom. The summed E-state index contributed by atoms with van der Waals surface area (Å²) in [6, 6.07) is 7.17. The molecule has 0 bridgehead atoms. The normalized spacial score (nSPS) is 13.0. The summed E-state index contributed by atoms with van der Waals surface area (Å²) in [6.45, 7) is 8.15. The average molecular weight is 334 g/mol. The summed E-state index contributed by atoms with van der Waals surface area (Å²) in [7, 11) is 1.62. The van der Waals surface area contributed by atoms with Gasteiger partial charge in [0.25, 0.3) is 0 Å². The number of carbonyl (C=O) groups excluding carboxylic acids is 2. The molecule has 0 radical (unpaired) electrons. The van der Waals surface area contributed by atoms with Crippen LogP contribution < -0.4 is 10.1 Å². The number of ether oxygens (including phenoxy) is 1. The Bertz CT molecular complexity index is 528. The molecule has 1 rings (SSSR count). The number of nitrogens with one attached hydrogen (secondary N) is 1. The molecule has 0 saturated heterocycles. The van der Waals surface area contributed by atoms with Gasteiger partial charge < -0.3 is 15.0 Å². The molecule has 2 atom stereocenters. The Hall–Kier alpha value is -2.04. The van der Waals surface area contributed by atoms with Crippen molar-refractivity contribution in [3.63, 3.8) is 0 Å². The largest absolute Gasteiger partial charge is 0.497 e. The molecular weight excluding hydrogens is 304 g/mol. The predicted molar refractivity (Wildman–Crippen MR) is 95.8 cm³/mol. The van der Waals surface area contributed by atoms with Crippen molar-refractivity contribution in [2.24, 2.45) is 0 Å². The molecule has 0 heterocycles. The summed E-state index contributed by atoms with van der Waals surface area (Å²) in [5.74, 6) is 0.662. The summed E-state index contributed by atoms with van der Waals surface area (Å²) in [5, 5.41) is 2.96. The number of rotatable bonds is 9. The van der Waals surface area contributed by atoms with Gasteiger partial charge in [0.2, 0.25) is 11.8 Å². The Balaban J connectivity index is 2.89. The van der Waals surface area contributed by atoms with Gasteiger partial charge in [-0.3, -0.25) is 9.59 Å². The summed E-state index contributed by atoms with van der Waals surface area (Å²) in [4.78, 5) is 26.6. The van der Waals surface area contributed by atoms with Crippen molar-refractivity contribution < 1.29 is 14.3 Å². The minimum Gasteiger partial charge on any atom is -0.497 e. The van der Waals surface area contributed by atoms with Crippen LogP contribution in [-0.2, 0) is 16.1 Å². The van der Waals surface area contributed by atoms with Crippen molar-refractivity contribution in [2.45, 2.75) is 65.6 Å². The van der Waals surface area contributed by atoms with Gasteiger partial charge in [-0.1, -0.05) is 26.0 Å². The highest BCUT2D eigenvalue weighted by Gasteiger charge is 2.26. The Kier molecular flexibility index (Phi) is 8.30. The first-order chi connectivity index (χ1) is 11.4. The van der Waals surface area contributed by atoms with Gasteiger partial charge in [0.15, 0.2) is 0 Å². The molecule has 0 saturated carbocycles. The van der Waals surface area contributed by atoms with E-state index in [4.69, 9.17) is 4.74 Å². The van der Waals surface area contributed by atoms with Gasteiger partial charge in [0, 0.05) is 19.0 Å². The minimum absolute atomic E-state index is 0.000111. The smallest absolute Gasteiger partial charge is 0.242 e. The van der Waals surface area contributed by atoms with Crippen LogP contribution in [0.15, 0.2) is 24.3 Å². The number of nitrogens with zero attached hydrogens (tertiary/aromatic N) is 1. The van der Waals surface area contributed by atoms with Gasteiger partial charge in [-0.15, -0.1) is 0 Å². The lowest BCUT2D eigenvalue weighted by atomic mass is 10.1. The van der Waals surface area contributed by atoms with Crippen LogP contribution in [0.25, 0.3) is 0 Å². The molecule has 134 valence electrons. The number of amides is 2. The van der Waals surface area contributed by atoms with Crippen LogP contribution in [0.1, 0.15) is 52.5 Å². The molecule has 1 aromatic rings. The van der Waals surface area contributed by atoms with Crippen LogP contribution in [0, 0.1) is 0 Å². The van der Waals surface area contributed by atoms with E-state index in [1.807, 2.05) is 45.0 Å². The van der Waals surface area contributed by atoms with Gasteiger partial charge in [0.05, 0.1) is 7.11 Å². The molecule has 0 aliphatic carbocycles. The molecule has 1 N–H and O–H groups in total. The van der Waals surface area contributed by atoms with E-state index in [2.05, 4.69) is 5.32 Å². The van der Waals surface area contributed by atoms with Gasteiger partial charge in [-0.2, -0.15) is 0 Å². The van der Waals surface area contributed by atoms with Crippen molar-refractivity contribution in [2.75, 3.05) is 7.11 Å². The molecule has 1 aromatic carbocycles. The molecule has 0 aliphatic rings. The lowest BCUT2D eigenvalue weighted by Gasteiger charge is -2.29. The molecule has 2 amide bonds. The predicted octanol–water partition coefficient (Wildman–Crippen LogP) is 3.13. The highest BCUT2D eigenvalue weighted by atomic mass is 16.5. The second-order valence-electron chi connectivity index (χ2n) is 6.11. The van der Waals surface area contributed by atoms with E-state index in [9.17, 15) is 9.59 Å². The van der Waals surface area contributed by atoms with Gasteiger partial charge in [0.1, 0.15) is 11.8 Å². The number of hydrogen-bond acceptors (Lipinski definition) is 3. The zero-order chi connectivity index (χ0) is 18.1. The van der Waals surface area contributed by atoms with Crippen molar-refractivity contribution in [1.29, 1.82) is 0 Å². The van der Waals surface area contributed by atoms with Crippen molar-refractivity contribution in [3.8, 4) is 5.75 Å². The zero-order valence-corrected chi connectivity index (χ0v) is 15.5. The first-order valence-corrected chi connectivity index (χ1v) is 8.65. The molecule has 0 aliphatic heterocycles. The number of benzene rings is 1. The molecule has 0 spiro atoms. The van der Waals surface area contributed by atoms with Crippen LogP contribution in [0.5, 0.6) is 5.75 Å². The fourth-order valence-electron chi connectivity index (χ4n) is 2.33. The van der Waals surface area contributed by atoms with Crippen LogP contribution in [-0.4, -0.2) is 35.9 Å². The molecule has 5 heteroatoms. The maximum Gasteiger partial charge on any atom is 0.242 e. The van der Waals surface area contributed by atoms with Crippen LogP contribution in [0.3, 0.4) is 0 Å². The standard InChI is InChI=1S/C19H30N2O3/c1-6-8-18(22)21(15(4)19(23)20-14(3)7-2)13-16-9-11-17(24-5)12-10-16/h9-12,14-15H,6-8,13H2,1-5H3,(H,20,23)/t14-,15-/m0/s1. The topological polar surface area (TPSA) is 58.6 Å².